The number of nitrogens with one attached hydrogen (secondary N) is 1. The van der Waals surface area contributed by atoms with Gasteiger partial charge >= 0.3 is 0 Å². The Bertz CT molecular complexity index is 532. The molecule has 0 radical (unpaired) electrons. The van der Waals surface area contributed by atoms with Crippen molar-refractivity contribution in [1.29, 1.82) is 0 Å². The van der Waals surface area contributed by atoms with E-state index in [1.807, 2.05) is 46.8 Å². The first kappa shape index (κ1) is 15.7. The number of hydrogen-bond donors (Lipinski definition) is 1. The first-order chi connectivity index (χ1) is 9.78. The highest BCUT2D eigenvalue weighted by atomic mass is 16.5. The summed E-state index contributed by atoms with van der Waals surface area (Å²) in [6, 6.07) is 3.86. The van der Waals surface area contributed by atoms with Gasteiger partial charge in [0, 0.05) is 24.5 Å². The minimum atomic E-state index is -0.0440. The molecule has 4 nitrogen and oxygen atoms in total. The molecule has 0 bridgehead atoms. The molecule has 0 unspecified atom stereocenters. The van der Waals surface area contributed by atoms with Gasteiger partial charge in [0.05, 0.1) is 12.3 Å². The maximum atomic E-state index is 12.1. The average Bonchev–Trinajstić information content (AvgIpc) is 2.66. The van der Waals surface area contributed by atoms with Crippen molar-refractivity contribution in [2.24, 2.45) is 5.41 Å². The third-order valence-electron chi connectivity index (χ3n) is 3.26. The molecule has 1 aromatic rings. The minimum Gasteiger partial charge on any atom is -0.492 e. The number of amides is 1. The first-order valence-corrected chi connectivity index (χ1v) is 7.54. The molecule has 1 heterocycles. The van der Waals surface area contributed by atoms with Gasteiger partial charge in [-0.2, -0.15) is 0 Å². The minimum absolute atomic E-state index is 0.00514. The van der Waals surface area contributed by atoms with E-state index in [4.69, 9.17) is 9.47 Å². The highest BCUT2D eigenvalue weighted by molar-refractivity contribution is 5.93. The summed E-state index contributed by atoms with van der Waals surface area (Å²) >= 11 is 0. The zero-order chi connectivity index (χ0) is 15.6. The number of rotatable bonds is 4. The second kappa shape index (κ2) is 5.96. The second-order valence-corrected chi connectivity index (χ2v) is 6.81. The van der Waals surface area contributed by atoms with Crippen molar-refractivity contribution in [3.63, 3.8) is 0 Å². The Morgan fingerprint density at radius 2 is 2.14 bits per heavy atom. The van der Waals surface area contributed by atoms with Crippen molar-refractivity contribution in [2.45, 2.75) is 53.6 Å². The van der Waals surface area contributed by atoms with Gasteiger partial charge in [-0.05, 0) is 25.3 Å². The van der Waals surface area contributed by atoms with Crippen molar-refractivity contribution in [2.75, 3.05) is 11.9 Å². The van der Waals surface area contributed by atoms with Crippen molar-refractivity contribution in [3.05, 3.63) is 17.7 Å². The van der Waals surface area contributed by atoms with Crippen molar-refractivity contribution in [3.8, 4) is 11.5 Å². The SMILES string of the molecule is CCOc1cc2c(cc1NC(=O)CC(C)(C)C)O[C@H](C)C2. The Morgan fingerprint density at radius 1 is 1.43 bits per heavy atom. The van der Waals surface area contributed by atoms with E-state index in [2.05, 4.69) is 5.32 Å². The summed E-state index contributed by atoms with van der Waals surface area (Å²) in [6.45, 7) is 10.7. The van der Waals surface area contributed by atoms with Crippen molar-refractivity contribution in [1.82, 2.24) is 0 Å². The molecule has 2 rings (SSSR count). The predicted molar refractivity (Wildman–Crippen MR) is 84.1 cm³/mol. The summed E-state index contributed by atoms with van der Waals surface area (Å²) in [6.07, 6.45) is 1.52. The lowest BCUT2D eigenvalue weighted by molar-refractivity contribution is -0.117. The Labute approximate surface area is 126 Å². The van der Waals surface area contributed by atoms with E-state index >= 15 is 0 Å². The second-order valence-electron chi connectivity index (χ2n) is 6.81. The molecular weight excluding hydrogens is 266 g/mol. The van der Waals surface area contributed by atoms with Crippen LogP contribution in [-0.2, 0) is 11.2 Å². The van der Waals surface area contributed by atoms with Gasteiger partial charge in [-0.15, -0.1) is 0 Å². The van der Waals surface area contributed by atoms with Crippen LogP contribution in [0.2, 0.25) is 0 Å². The molecule has 1 aliphatic heterocycles. The molecule has 0 saturated heterocycles. The third kappa shape index (κ3) is 4.13. The Balaban J connectivity index is 2.21. The Morgan fingerprint density at radius 3 is 2.76 bits per heavy atom. The van der Waals surface area contributed by atoms with E-state index < -0.39 is 0 Å². The van der Waals surface area contributed by atoms with Gasteiger partial charge in [-0.3, -0.25) is 4.79 Å². The third-order valence-corrected chi connectivity index (χ3v) is 3.26. The molecule has 21 heavy (non-hydrogen) atoms. The zero-order valence-electron chi connectivity index (χ0n) is 13.6. The van der Waals surface area contributed by atoms with Crippen LogP contribution < -0.4 is 14.8 Å². The molecule has 0 saturated carbocycles. The number of benzene rings is 1. The Kier molecular flexibility index (Phi) is 4.45. The smallest absolute Gasteiger partial charge is 0.225 e. The van der Waals surface area contributed by atoms with Crippen LogP contribution >= 0.6 is 0 Å². The monoisotopic (exact) mass is 291 g/mol. The molecule has 0 aromatic heterocycles. The van der Waals surface area contributed by atoms with Crippen LogP contribution in [0.15, 0.2) is 12.1 Å². The molecule has 1 N–H and O–H groups in total. The largest absolute Gasteiger partial charge is 0.492 e. The molecule has 116 valence electrons. The van der Waals surface area contributed by atoms with E-state index in [9.17, 15) is 4.79 Å². The molecule has 1 amide bonds. The Hall–Kier alpha value is -1.71. The summed E-state index contributed by atoms with van der Waals surface area (Å²) in [5.41, 5.74) is 1.79. The van der Waals surface area contributed by atoms with Crippen LogP contribution in [0.3, 0.4) is 0 Å². The fourth-order valence-electron chi connectivity index (χ4n) is 2.49. The number of carbonyl (C=O) groups excluding carboxylic acids is 1. The van der Waals surface area contributed by atoms with Crippen LogP contribution in [0.1, 0.15) is 46.6 Å². The van der Waals surface area contributed by atoms with Gasteiger partial charge in [0.25, 0.3) is 0 Å². The van der Waals surface area contributed by atoms with Crippen LogP contribution in [0, 0.1) is 5.41 Å². The molecule has 0 spiro atoms. The van der Waals surface area contributed by atoms with Gasteiger partial charge < -0.3 is 14.8 Å². The molecule has 0 aliphatic carbocycles. The molecule has 0 fully saturated rings. The standard InChI is InChI=1S/C17H25NO3/c1-6-20-15-8-12-7-11(2)21-14(12)9-13(15)18-16(19)10-17(3,4)5/h8-9,11H,6-7,10H2,1-5H3,(H,18,19)/t11-/m1/s1. The lowest BCUT2D eigenvalue weighted by Gasteiger charge is -2.19. The van der Waals surface area contributed by atoms with Crippen LogP contribution in [0.5, 0.6) is 11.5 Å². The highest BCUT2D eigenvalue weighted by Gasteiger charge is 2.23. The summed E-state index contributed by atoms with van der Waals surface area (Å²) < 4.78 is 11.4. The molecule has 1 atom stereocenters. The summed E-state index contributed by atoms with van der Waals surface area (Å²) in [4.78, 5) is 12.1. The van der Waals surface area contributed by atoms with Crippen LogP contribution in [-0.4, -0.2) is 18.6 Å². The summed E-state index contributed by atoms with van der Waals surface area (Å²) in [5, 5.41) is 2.95. The maximum Gasteiger partial charge on any atom is 0.225 e. The fourth-order valence-corrected chi connectivity index (χ4v) is 2.49. The fraction of sp³-hybridized carbons (Fsp3) is 0.588. The first-order valence-electron chi connectivity index (χ1n) is 7.54. The van der Waals surface area contributed by atoms with Crippen molar-refractivity contribution >= 4 is 11.6 Å². The quantitative estimate of drug-likeness (QED) is 0.918. The molecule has 4 heteroatoms. The van der Waals surface area contributed by atoms with Gasteiger partial charge in [-0.25, -0.2) is 0 Å². The average molecular weight is 291 g/mol. The van der Waals surface area contributed by atoms with Crippen molar-refractivity contribution < 1.29 is 14.3 Å². The normalized spacial score (nSPS) is 17.1. The number of carbonyl (C=O) groups is 1. The number of ether oxygens (including phenoxy) is 2. The zero-order valence-corrected chi connectivity index (χ0v) is 13.6. The number of hydrogen-bond acceptors (Lipinski definition) is 3. The van der Waals surface area contributed by atoms with Gasteiger partial charge in [-0.1, -0.05) is 20.8 Å². The maximum absolute atomic E-state index is 12.1. The van der Waals surface area contributed by atoms with Gasteiger partial charge in [0.1, 0.15) is 17.6 Å². The number of fused-ring (bicyclic) bond motifs is 1. The topological polar surface area (TPSA) is 47.6 Å². The lowest BCUT2D eigenvalue weighted by Crippen LogP contribution is -2.20. The molecular formula is C17H25NO3. The van der Waals surface area contributed by atoms with Gasteiger partial charge in [0.15, 0.2) is 0 Å². The summed E-state index contributed by atoms with van der Waals surface area (Å²) in [7, 11) is 0. The van der Waals surface area contributed by atoms with Gasteiger partial charge in [0.2, 0.25) is 5.91 Å². The van der Waals surface area contributed by atoms with E-state index in [1.165, 1.54) is 0 Å². The lowest BCUT2D eigenvalue weighted by atomic mass is 9.92. The van der Waals surface area contributed by atoms with Crippen LogP contribution in [0.25, 0.3) is 0 Å². The summed E-state index contributed by atoms with van der Waals surface area (Å²) in [5.74, 6) is 1.56. The predicted octanol–water partition coefficient (Wildman–Crippen LogP) is 3.78. The van der Waals surface area contributed by atoms with E-state index in [-0.39, 0.29) is 17.4 Å². The number of anilines is 1. The molecule has 1 aliphatic rings. The van der Waals surface area contributed by atoms with E-state index in [0.29, 0.717) is 18.7 Å². The van der Waals surface area contributed by atoms with Crippen LogP contribution in [0.4, 0.5) is 5.69 Å². The van der Waals surface area contributed by atoms with E-state index in [0.717, 1.165) is 23.5 Å². The highest BCUT2D eigenvalue weighted by Crippen LogP contribution is 2.38. The van der Waals surface area contributed by atoms with E-state index in [1.54, 1.807) is 0 Å². The molecule has 1 aromatic carbocycles.